The summed E-state index contributed by atoms with van der Waals surface area (Å²) >= 11 is 1.31. The van der Waals surface area contributed by atoms with Gasteiger partial charge < -0.3 is 4.42 Å². The molecular formula is C15H9NO3S. The maximum Gasteiger partial charge on any atom is 0.189 e. The van der Waals surface area contributed by atoms with Crippen molar-refractivity contribution in [3.05, 3.63) is 59.5 Å². The molecular weight excluding hydrogens is 274 g/mol. The van der Waals surface area contributed by atoms with Crippen LogP contribution in [-0.2, 0) is 0 Å². The summed E-state index contributed by atoms with van der Waals surface area (Å²) in [5, 5.41) is 0.164. The van der Waals surface area contributed by atoms with Crippen molar-refractivity contribution >= 4 is 28.4 Å². The van der Waals surface area contributed by atoms with Gasteiger partial charge in [-0.3, -0.25) is 14.6 Å². The van der Waals surface area contributed by atoms with Gasteiger partial charge in [-0.2, -0.15) is 0 Å². The summed E-state index contributed by atoms with van der Waals surface area (Å²) in [6, 6.07) is 9.86. The van der Waals surface area contributed by atoms with Crippen molar-refractivity contribution in [1.82, 2.24) is 0 Å². The van der Waals surface area contributed by atoms with Crippen molar-refractivity contribution in [2.45, 2.75) is 11.3 Å². The summed E-state index contributed by atoms with van der Waals surface area (Å²) in [4.78, 5) is 29.3. The highest BCUT2D eigenvalue weighted by Crippen LogP contribution is 2.38. The molecule has 0 spiro atoms. The normalized spacial score (nSPS) is 24.3. The average molecular weight is 283 g/mol. The van der Waals surface area contributed by atoms with E-state index in [4.69, 9.17) is 4.42 Å². The highest BCUT2D eigenvalue weighted by Gasteiger charge is 2.46. The Balaban J connectivity index is 1.80. The number of benzene rings is 1. The van der Waals surface area contributed by atoms with E-state index in [9.17, 15) is 9.59 Å². The minimum Gasteiger partial charge on any atom is -0.462 e. The van der Waals surface area contributed by atoms with Crippen LogP contribution in [0, 0.1) is 0 Å². The Morgan fingerprint density at radius 2 is 1.75 bits per heavy atom. The van der Waals surface area contributed by atoms with Gasteiger partial charge in [0.2, 0.25) is 0 Å². The Bertz CT molecular complexity index is 748. The number of rotatable bonds is 1. The van der Waals surface area contributed by atoms with Crippen molar-refractivity contribution in [3.8, 4) is 0 Å². The van der Waals surface area contributed by atoms with Gasteiger partial charge in [-0.15, -0.1) is 0 Å². The molecule has 2 unspecified atom stereocenters. The third-order valence-corrected chi connectivity index (χ3v) is 4.75. The maximum atomic E-state index is 12.5. The van der Waals surface area contributed by atoms with E-state index in [1.807, 2.05) is 0 Å². The second-order valence-corrected chi connectivity index (χ2v) is 5.80. The minimum absolute atomic E-state index is 0.0273. The van der Waals surface area contributed by atoms with Crippen LogP contribution in [0.4, 0.5) is 0 Å². The van der Waals surface area contributed by atoms with E-state index in [0.717, 1.165) is 0 Å². The lowest BCUT2D eigenvalue weighted by Crippen LogP contribution is -2.39. The van der Waals surface area contributed by atoms with Crippen LogP contribution in [0.3, 0.4) is 0 Å². The van der Waals surface area contributed by atoms with Gasteiger partial charge in [0.15, 0.2) is 17.3 Å². The molecule has 2 heterocycles. The number of nitrogens with zero attached hydrogens (tertiary/aromatic N) is 1. The standard InChI is InChI=1S/C15H9NO3S/c17-12-8-4-1-2-5-9(8)13(18)14-11(12)16-15(20-14)10-6-3-7-19-10/h1-7,11,14H. The number of fused-ring (bicyclic) bond motifs is 2. The summed E-state index contributed by atoms with van der Waals surface area (Å²) in [5.74, 6) is 0.494. The third-order valence-electron chi connectivity index (χ3n) is 3.50. The van der Waals surface area contributed by atoms with Gasteiger partial charge in [-0.25, -0.2) is 0 Å². The van der Waals surface area contributed by atoms with Crippen molar-refractivity contribution < 1.29 is 14.0 Å². The number of hydrogen-bond acceptors (Lipinski definition) is 5. The molecule has 0 fully saturated rings. The zero-order valence-corrected chi connectivity index (χ0v) is 11.1. The quantitative estimate of drug-likeness (QED) is 0.807. The van der Waals surface area contributed by atoms with E-state index in [0.29, 0.717) is 21.9 Å². The lowest BCUT2D eigenvalue weighted by Gasteiger charge is -2.22. The van der Waals surface area contributed by atoms with Gasteiger partial charge in [0.1, 0.15) is 16.3 Å². The lowest BCUT2D eigenvalue weighted by atomic mass is 9.86. The first-order chi connectivity index (χ1) is 9.75. The van der Waals surface area contributed by atoms with Gasteiger partial charge in [0.25, 0.3) is 0 Å². The van der Waals surface area contributed by atoms with Crippen molar-refractivity contribution in [1.29, 1.82) is 0 Å². The van der Waals surface area contributed by atoms with Gasteiger partial charge in [0.05, 0.1) is 6.26 Å². The predicted octanol–water partition coefficient (Wildman–Crippen LogP) is 2.59. The SMILES string of the molecule is O=C1c2ccccc2C(=O)C2SC(c3ccco3)=NC12. The molecule has 2 aromatic rings. The molecule has 20 heavy (non-hydrogen) atoms. The molecule has 0 N–H and O–H groups in total. The van der Waals surface area contributed by atoms with Crippen LogP contribution in [0.1, 0.15) is 26.5 Å². The lowest BCUT2D eigenvalue weighted by molar-refractivity contribution is 0.0879. The van der Waals surface area contributed by atoms with Crippen LogP contribution in [-0.4, -0.2) is 27.9 Å². The van der Waals surface area contributed by atoms with Crippen LogP contribution in [0.15, 0.2) is 52.1 Å². The van der Waals surface area contributed by atoms with E-state index < -0.39 is 11.3 Å². The molecule has 98 valence electrons. The average Bonchev–Trinajstić information content (AvgIpc) is 3.13. The molecule has 1 aromatic heterocycles. The molecule has 5 heteroatoms. The summed E-state index contributed by atoms with van der Waals surface area (Å²) < 4.78 is 5.30. The summed E-state index contributed by atoms with van der Waals surface area (Å²) in [7, 11) is 0. The zero-order chi connectivity index (χ0) is 13.7. The van der Waals surface area contributed by atoms with Gasteiger partial charge in [-0.05, 0) is 12.1 Å². The maximum absolute atomic E-state index is 12.5. The van der Waals surface area contributed by atoms with Crippen LogP contribution in [0.5, 0.6) is 0 Å². The Morgan fingerprint density at radius 1 is 1.00 bits per heavy atom. The zero-order valence-electron chi connectivity index (χ0n) is 10.3. The molecule has 2 atom stereocenters. The molecule has 1 aliphatic carbocycles. The number of furan rings is 1. The first-order valence-electron chi connectivity index (χ1n) is 6.21. The molecule has 4 nitrogen and oxygen atoms in total. The smallest absolute Gasteiger partial charge is 0.189 e. The van der Waals surface area contributed by atoms with Gasteiger partial charge in [-0.1, -0.05) is 36.0 Å². The van der Waals surface area contributed by atoms with Crippen LogP contribution < -0.4 is 0 Å². The van der Waals surface area contributed by atoms with Crippen LogP contribution >= 0.6 is 11.8 Å². The molecule has 0 saturated carbocycles. The Kier molecular flexibility index (Phi) is 2.44. The predicted molar refractivity (Wildman–Crippen MR) is 75.5 cm³/mol. The van der Waals surface area contributed by atoms with Gasteiger partial charge >= 0.3 is 0 Å². The second-order valence-electron chi connectivity index (χ2n) is 4.67. The molecule has 0 bridgehead atoms. The van der Waals surface area contributed by atoms with E-state index in [-0.39, 0.29) is 11.6 Å². The summed E-state index contributed by atoms with van der Waals surface area (Å²) in [5.41, 5.74) is 0.978. The van der Waals surface area contributed by atoms with E-state index in [1.54, 1.807) is 42.7 Å². The Hall–Kier alpha value is -2.14. The first kappa shape index (κ1) is 11.7. The highest BCUT2D eigenvalue weighted by molar-refractivity contribution is 8.15. The fourth-order valence-corrected chi connectivity index (χ4v) is 3.74. The Labute approximate surface area is 118 Å². The number of ketones is 2. The fraction of sp³-hybridized carbons (Fsp3) is 0.133. The molecule has 1 aliphatic heterocycles. The molecule has 0 amide bonds. The first-order valence-corrected chi connectivity index (χ1v) is 7.09. The van der Waals surface area contributed by atoms with Crippen molar-refractivity contribution in [2.24, 2.45) is 4.99 Å². The topological polar surface area (TPSA) is 59.6 Å². The van der Waals surface area contributed by atoms with Crippen LogP contribution in [0.25, 0.3) is 0 Å². The number of carbonyl (C=O) groups excluding carboxylic acids is 2. The molecule has 4 rings (SSSR count). The minimum atomic E-state index is -0.623. The molecule has 2 aliphatic rings. The van der Waals surface area contributed by atoms with E-state index in [1.165, 1.54) is 11.8 Å². The third kappa shape index (κ3) is 1.53. The fourth-order valence-electron chi connectivity index (χ4n) is 2.55. The van der Waals surface area contributed by atoms with E-state index in [2.05, 4.69) is 4.99 Å². The van der Waals surface area contributed by atoms with E-state index >= 15 is 0 Å². The second kappa shape index (κ2) is 4.18. The van der Waals surface area contributed by atoms with Crippen molar-refractivity contribution in [2.75, 3.05) is 0 Å². The number of hydrogen-bond donors (Lipinski definition) is 0. The van der Waals surface area contributed by atoms with Gasteiger partial charge in [0, 0.05) is 11.1 Å². The molecule has 0 radical (unpaired) electrons. The van der Waals surface area contributed by atoms with Crippen molar-refractivity contribution in [3.63, 3.8) is 0 Å². The highest BCUT2D eigenvalue weighted by atomic mass is 32.2. The summed E-state index contributed by atoms with van der Waals surface area (Å²) in [6.07, 6.45) is 1.55. The largest absolute Gasteiger partial charge is 0.462 e. The number of carbonyl (C=O) groups is 2. The monoisotopic (exact) mass is 283 g/mol. The summed E-state index contributed by atoms with van der Waals surface area (Å²) in [6.45, 7) is 0. The number of aliphatic imine (C=N–C) groups is 1. The number of Topliss-reactive ketones (excluding diaryl/α,β-unsaturated/α-hetero) is 2. The Morgan fingerprint density at radius 3 is 2.45 bits per heavy atom. The molecule has 0 saturated heterocycles. The van der Waals surface area contributed by atoms with Crippen LogP contribution in [0.2, 0.25) is 0 Å². The molecule has 1 aromatic carbocycles. The number of thioether (sulfide) groups is 1.